The van der Waals surface area contributed by atoms with Crippen molar-refractivity contribution in [2.75, 3.05) is 5.32 Å². The van der Waals surface area contributed by atoms with Gasteiger partial charge in [-0.15, -0.1) is 5.10 Å². The van der Waals surface area contributed by atoms with E-state index in [1.165, 1.54) is 4.68 Å². The molecule has 1 N–H and O–H groups in total. The highest BCUT2D eigenvalue weighted by molar-refractivity contribution is 6.42. The highest BCUT2D eigenvalue weighted by atomic mass is 35.5. The number of nitrogens with one attached hydrogen (secondary N) is 1. The maximum absolute atomic E-state index is 12.8. The van der Waals surface area contributed by atoms with E-state index in [2.05, 4.69) is 15.4 Å². The third-order valence-electron chi connectivity index (χ3n) is 4.14. The van der Waals surface area contributed by atoms with Gasteiger partial charge in [-0.1, -0.05) is 58.5 Å². The molecule has 0 bridgehead atoms. The van der Waals surface area contributed by atoms with Crippen LogP contribution in [0.3, 0.4) is 0 Å². The fourth-order valence-electron chi connectivity index (χ4n) is 2.74. The van der Waals surface area contributed by atoms with Gasteiger partial charge in [-0.25, -0.2) is 9.67 Å². The first kappa shape index (κ1) is 20.7. The molecule has 5 nitrogen and oxygen atoms in total. The Morgan fingerprint density at radius 3 is 2.30 bits per heavy atom. The summed E-state index contributed by atoms with van der Waals surface area (Å²) >= 11 is 24.2. The minimum atomic E-state index is -0.473. The molecular formula is C21H12Cl4N4O. The summed E-state index contributed by atoms with van der Waals surface area (Å²) in [5.41, 5.74) is 1.85. The van der Waals surface area contributed by atoms with Gasteiger partial charge >= 0.3 is 0 Å². The molecule has 150 valence electrons. The van der Waals surface area contributed by atoms with Crippen LogP contribution in [0.1, 0.15) is 10.6 Å². The third-order valence-corrected chi connectivity index (χ3v) is 5.37. The van der Waals surface area contributed by atoms with E-state index < -0.39 is 5.91 Å². The summed E-state index contributed by atoms with van der Waals surface area (Å²) in [6, 6.07) is 18.9. The summed E-state index contributed by atoms with van der Waals surface area (Å²) in [5, 5.41) is 9.01. The highest BCUT2D eigenvalue weighted by Crippen LogP contribution is 2.28. The molecule has 1 heterocycles. The van der Waals surface area contributed by atoms with E-state index in [4.69, 9.17) is 46.4 Å². The molecule has 4 aromatic rings. The minimum absolute atomic E-state index is 0.0222. The predicted molar refractivity (Wildman–Crippen MR) is 121 cm³/mol. The van der Waals surface area contributed by atoms with Gasteiger partial charge in [-0.05, 0) is 54.6 Å². The molecule has 0 saturated carbocycles. The Balaban J connectivity index is 1.77. The first-order valence-corrected chi connectivity index (χ1v) is 10.2. The van der Waals surface area contributed by atoms with E-state index >= 15 is 0 Å². The number of halogens is 4. The lowest BCUT2D eigenvalue weighted by Gasteiger charge is -2.07. The second kappa shape index (κ2) is 8.66. The second-order valence-corrected chi connectivity index (χ2v) is 7.93. The standard InChI is InChI=1S/C21H12Cl4N4O/c22-13-4-6-15(7-5-13)26-21(30)19-27-20(12-2-1-3-14(23)10-12)29(28-19)16-8-9-17(24)18(25)11-16/h1-11H,(H,26,30). The van der Waals surface area contributed by atoms with Crippen LogP contribution >= 0.6 is 46.4 Å². The zero-order valence-corrected chi connectivity index (χ0v) is 18.1. The maximum Gasteiger partial charge on any atom is 0.295 e. The van der Waals surface area contributed by atoms with Crippen LogP contribution < -0.4 is 5.32 Å². The number of carbonyl (C=O) groups is 1. The maximum atomic E-state index is 12.8. The molecule has 0 atom stereocenters. The van der Waals surface area contributed by atoms with E-state index in [1.807, 2.05) is 6.07 Å². The lowest BCUT2D eigenvalue weighted by Crippen LogP contribution is -2.14. The average molecular weight is 478 g/mol. The number of anilines is 1. The van der Waals surface area contributed by atoms with Crippen LogP contribution in [-0.2, 0) is 0 Å². The van der Waals surface area contributed by atoms with Gasteiger partial charge in [0.25, 0.3) is 5.91 Å². The summed E-state index contributed by atoms with van der Waals surface area (Å²) in [4.78, 5) is 17.2. The number of carbonyl (C=O) groups excluding carboxylic acids is 1. The number of hydrogen-bond acceptors (Lipinski definition) is 3. The van der Waals surface area contributed by atoms with Gasteiger partial charge in [0.15, 0.2) is 5.82 Å². The zero-order chi connectivity index (χ0) is 21.3. The normalized spacial score (nSPS) is 10.8. The molecule has 0 fully saturated rings. The van der Waals surface area contributed by atoms with E-state index in [0.29, 0.717) is 42.9 Å². The molecule has 1 aromatic heterocycles. The van der Waals surface area contributed by atoms with Gasteiger partial charge in [0.2, 0.25) is 5.82 Å². The van der Waals surface area contributed by atoms with Crippen molar-refractivity contribution in [1.29, 1.82) is 0 Å². The van der Waals surface area contributed by atoms with E-state index in [9.17, 15) is 4.79 Å². The Morgan fingerprint density at radius 1 is 0.833 bits per heavy atom. The van der Waals surface area contributed by atoms with Crippen molar-refractivity contribution < 1.29 is 4.79 Å². The number of amides is 1. The van der Waals surface area contributed by atoms with Gasteiger partial charge in [0.05, 0.1) is 15.7 Å². The first-order valence-electron chi connectivity index (χ1n) is 8.66. The lowest BCUT2D eigenvalue weighted by atomic mass is 10.2. The van der Waals surface area contributed by atoms with E-state index in [-0.39, 0.29) is 5.82 Å². The summed E-state index contributed by atoms with van der Waals surface area (Å²) in [6.45, 7) is 0. The zero-order valence-electron chi connectivity index (χ0n) is 15.1. The van der Waals surface area contributed by atoms with Crippen LogP contribution in [-0.4, -0.2) is 20.7 Å². The molecule has 30 heavy (non-hydrogen) atoms. The number of nitrogens with zero attached hydrogens (tertiary/aromatic N) is 3. The van der Waals surface area contributed by atoms with Gasteiger partial charge in [0.1, 0.15) is 0 Å². The highest BCUT2D eigenvalue weighted by Gasteiger charge is 2.20. The molecule has 0 saturated heterocycles. The van der Waals surface area contributed by atoms with Crippen molar-refractivity contribution in [3.63, 3.8) is 0 Å². The van der Waals surface area contributed by atoms with Crippen LogP contribution in [0, 0.1) is 0 Å². The van der Waals surface area contributed by atoms with Crippen LogP contribution in [0.2, 0.25) is 20.1 Å². The second-order valence-electron chi connectivity index (χ2n) is 6.24. The van der Waals surface area contributed by atoms with Gasteiger partial charge < -0.3 is 5.32 Å². The Kier molecular flexibility index (Phi) is 5.97. The van der Waals surface area contributed by atoms with Crippen LogP contribution in [0.4, 0.5) is 5.69 Å². The topological polar surface area (TPSA) is 59.8 Å². The largest absolute Gasteiger partial charge is 0.319 e. The Hall–Kier alpha value is -2.57. The lowest BCUT2D eigenvalue weighted by molar-refractivity contribution is 0.101. The Morgan fingerprint density at radius 2 is 1.60 bits per heavy atom. The van der Waals surface area contributed by atoms with Crippen molar-refractivity contribution >= 4 is 58.0 Å². The van der Waals surface area contributed by atoms with Crippen LogP contribution in [0.15, 0.2) is 66.7 Å². The molecule has 0 radical (unpaired) electrons. The van der Waals surface area contributed by atoms with Crippen molar-refractivity contribution in [3.8, 4) is 17.1 Å². The molecule has 0 aliphatic carbocycles. The summed E-state index contributed by atoms with van der Waals surface area (Å²) in [6.07, 6.45) is 0. The Bertz CT molecular complexity index is 1240. The number of hydrogen-bond donors (Lipinski definition) is 1. The summed E-state index contributed by atoms with van der Waals surface area (Å²) < 4.78 is 1.52. The molecule has 9 heteroatoms. The monoisotopic (exact) mass is 476 g/mol. The SMILES string of the molecule is O=C(Nc1ccc(Cl)cc1)c1nc(-c2cccc(Cl)c2)n(-c2ccc(Cl)c(Cl)c2)n1. The van der Waals surface area contributed by atoms with Crippen molar-refractivity contribution in [3.05, 3.63) is 92.6 Å². The average Bonchev–Trinajstić information content (AvgIpc) is 3.17. The molecule has 3 aromatic carbocycles. The van der Waals surface area contributed by atoms with Crippen molar-refractivity contribution in [2.24, 2.45) is 0 Å². The molecule has 0 unspecified atom stereocenters. The van der Waals surface area contributed by atoms with Gasteiger partial charge in [-0.3, -0.25) is 4.79 Å². The molecule has 0 spiro atoms. The molecule has 0 aliphatic heterocycles. The smallest absolute Gasteiger partial charge is 0.295 e. The fourth-order valence-corrected chi connectivity index (χ4v) is 3.35. The third kappa shape index (κ3) is 4.45. The molecule has 0 aliphatic rings. The van der Waals surface area contributed by atoms with Crippen molar-refractivity contribution in [1.82, 2.24) is 14.8 Å². The van der Waals surface area contributed by atoms with Crippen LogP contribution in [0.25, 0.3) is 17.1 Å². The van der Waals surface area contributed by atoms with E-state index in [0.717, 1.165) is 0 Å². The van der Waals surface area contributed by atoms with Gasteiger partial charge in [-0.2, -0.15) is 0 Å². The Labute approximate surface area is 192 Å². The molecule has 1 amide bonds. The molecular weight excluding hydrogens is 466 g/mol. The minimum Gasteiger partial charge on any atom is -0.319 e. The van der Waals surface area contributed by atoms with E-state index in [1.54, 1.807) is 60.7 Å². The quantitative estimate of drug-likeness (QED) is 0.351. The summed E-state index contributed by atoms with van der Waals surface area (Å²) in [5.74, 6) is -0.0671. The van der Waals surface area contributed by atoms with Gasteiger partial charge in [0, 0.05) is 21.3 Å². The number of aromatic nitrogens is 3. The summed E-state index contributed by atoms with van der Waals surface area (Å²) in [7, 11) is 0. The fraction of sp³-hybridized carbons (Fsp3) is 0. The number of rotatable bonds is 4. The van der Waals surface area contributed by atoms with Crippen molar-refractivity contribution in [2.45, 2.75) is 0 Å². The predicted octanol–water partition coefficient (Wildman–Crippen LogP) is 6.80. The number of benzene rings is 3. The first-order chi connectivity index (χ1) is 14.4. The molecule has 4 rings (SSSR count). The van der Waals surface area contributed by atoms with Crippen LogP contribution in [0.5, 0.6) is 0 Å².